The third kappa shape index (κ3) is 5.30. The number of hydrazine groups is 1. The zero-order valence-corrected chi connectivity index (χ0v) is 14.2. The average molecular weight is 349 g/mol. The minimum atomic E-state index is -0.344. The van der Waals surface area contributed by atoms with Gasteiger partial charge >= 0.3 is 0 Å². The summed E-state index contributed by atoms with van der Waals surface area (Å²) in [5.41, 5.74) is 6.45. The molecule has 2 amide bonds. The van der Waals surface area contributed by atoms with Crippen LogP contribution in [-0.2, 0) is 11.2 Å². The molecule has 0 fully saturated rings. The van der Waals surface area contributed by atoms with Crippen LogP contribution in [0, 0.1) is 0 Å². The molecular weight excluding hydrogens is 332 g/mol. The Morgan fingerprint density at radius 1 is 1.04 bits per heavy atom. The molecule has 0 aliphatic rings. The first-order valence-electron chi connectivity index (χ1n) is 7.15. The molecule has 0 heterocycles. The van der Waals surface area contributed by atoms with Gasteiger partial charge in [-0.05, 0) is 36.2 Å². The van der Waals surface area contributed by atoms with Crippen molar-refractivity contribution in [2.75, 3.05) is 5.75 Å². The van der Waals surface area contributed by atoms with Crippen molar-refractivity contribution < 1.29 is 9.59 Å². The van der Waals surface area contributed by atoms with Crippen LogP contribution in [0.15, 0.2) is 53.4 Å². The monoisotopic (exact) mass is 348 g/mol. The number of aryl methyl sites for hydroxylation is 1. The van der Waals surface area contributed by atoms with E-state index in [4.69, 9.17) is 11.6 Å². The molecule has 0 atom stereocenters. The molecule has 23 heavy (non-hydrogen) atoms. The molecule has 0 saturated carbocycles. The van der Waals surface area contributed by atoms with Crippen LogP contribution in [0.3, 0.4) is 0 Å². The molecule has 2 N–H and O–H groups in total. The van der Waals surface area contributed by atoms with Crippen molar-refractivity contribution in [1.82, 2.24) is 10.9 Å². The van der Waals surface area contributed by atoms with Gasteiger partial charge in [-0.15, -0.1) is 11.8 Å². The summed E-state index contributed by atoms with van der Waals surface area (Å²) >= 11 is 7.33. The number of halogens is 1. The quantitative estimate of drug-likeness (QED) is 0.642. The Labute approximate surface area is 144 Å². The van der Waals surface area contributed by atoms with Gasteiger partial charge in [0.1, 0.15) is 0 Å². The van der Waals surface area contributed by atoms with Crippen molar-refractivity contribution in [3.8, 4) is 0 Å². The molecule has 0 bridgehead atoms. The Kier molecular flexibility index (Phi) is 6.50. The average Bonchev–Trinajstić information content (AvgIpc) is 2.59. The summed E-state index contributed by atoms with van der Waals surface area (Å²) in [5.74, 6) is -0.476. The smallest absolute Gasteiger partial charge is 0.269 e. The second kappa shape index (κ2) is 8.60. The van der Waals surface area contributed by atoms with Gasteiger partial charge in [0, 0.05) is 10.5 Å². The van der Waals surface area contributed by atoms with E-state index in [9.17, 15) is 9.59 Å². The fraction of sp³-hybridized carbons (Fsp3) is 0.176. The Hall–Kier alpha value is -1.98. The molecule has 0 unspecified atom stereocenters. The first kappa shape index (κ1) is 17.4. The fourth-order valence-electron chi connectivity index (χ4n) is 1.83. The SMILES string of the molecule is CCc1ccc(C(=O)NNC(=O)CSc2ccccc2Cl)cc1. The maximum absolute atomic E-state index is 11.9. The highest BCUT2D eigenvalue weighted by atomic mass is 35.5. The number of carbonyl (C=O) groups excluding carboxylic acids is 2. The number of rotatable bonds is 5. The summed E-state index contributed by atoms with van der Waals surface area (Å²) in [5, 5.41) is 0.602. The van der Waals surface area contributed by atoms with Crippen LogP contribution in [0.1, 0.15) is 22.8 Å². The Morgan fingerprint density at radius 3 is 2.39 bits per heavy atom. The summed E-state index contributed by atoms with van der Waals surface area (Å²) in [6, 6.07) is 14.5. The topological polar surface area (TPSA) is 58.2 Å². The number of hydrogen-bond donors (Lipinski definition) is 2. The Bertz CT molecular complexity index is 689. The summed E-state index contributed by atoms with van der Waals surface area (Å²) in [7, 11) is 0. The van der Waals surface area contributed by atoms with Gasteiger partial charge < -0.3 is 0 Å². The van der Waals surface area contributed by atoms with Gasteiger partial charge in [-0.1, -0.05) is 42.8 Å². The van der Waals surface area contributed by atoms with E-state index < -0.39 is 0 Å². The minimum Gasteiger partial charge on any atom is -0.272 e. The normalized spacial score (nSPS) is 10.2. The molecule has 0 aliphatic carbocycles. The number of thioether (sulfide) groups is 1. The van der Waals surface area contributed by atoms with E-state index in [2.05, 4.69) is 10.9 Å². The molecule has 0 saturated heterocycles. The maximum atomic E-state index is 11.9. The van der Waals surface area contributed by atoms with Crippen LogP contribution < -0.4 is 10.9 Å². The van der Waals surface area contributed by atoms with Crippen LogP contribution in [-0.4, -0.2) is 17.6 Å². The molecular formula is C17H17ClN2O2S. The second-order valence-electron chi connectivity index (χ2n) is 4.77. The van der Waals surface area contributed by atoms with Gasteiger partial charge in [-0.2, -0.15) is 0 Å². The molecule has 2 rings (SSSR count). The molecule has 4 nitrogen and oxygen atoms in total. The summed E-state index contributed by atoms with van der Waals surface area (Å²) in [6.07, 6.45) is 0.915. The standard InChI is InChI=1S/C17H17ClN2O2S/c1-2-12-7-9-13(10-8-12)17(22)20-19-16(21)11-23-15-6-4-3-5-14(15)18/h3-10H,2,11H2,1H3,(H,19,21)(H,20,22). The molecule has 0 aliphatic heterocycles. The third-order valence-electron chi connectivity index (χ3n) is 3.14. The highest BCUT2D eigenvalue weighted by Gasteiger charge is 2.08. The van der Waals surface area contributed by atoms with Gasteiger partial charge in [-0.25, -0.2) is 0 Å². The fourth-order valence-corrected chi connectivity index (χ4v) is 2.87. The highest BCUT2D eigenvalue weighted by Crippen LogP contribution is 2.26. The van der Waals surface area contributed by atoms with Crippen LogP contribution in [0.2, 0.25) is 5.02 Å². The first-order valence-corrected chi connectivity index (χ1v) is 8.52. The van der Waals surface area contributed by atoms with Crippen LogP contribution in [0.25, 0.3) is 0 Å². The van der Waals surface area contributed by atoms with Crippen molar-refractivity contribution in [2.24, 2.45) is 0 Å². The molecule has 0 aromatic heterocycles. The molecule has 6 heteroatoms. The van der Waals surface area contributed by atoms with Gasteiger partial charge in [0.25, 0.3) is 5.91 Å². The van der Waals surface area contributed by atoms with Crippen LogP contribution in [0.5, 0.6) is 0 Å². The van der Waals surface area contributed by atoms with E-state index in [0.29, 0.717) is 10.6 Å². The Balaban J connectivity index is 1.79. The van der Waals surface area contributed by atoms with E-state index in [1.54, 1.807) is 18.2 Å². The van der Waals surface area contributed by atoms with Crippen molar-refractivity contribution >= 4 is 35.2 Å². The second-order valence-corrected chi connectivity index (χ2v) is 6.20. The number of hydrogen-bond acceptors (Lipinski definition) is 3. The zero-order valence-electron chi connectivity index (χ0n) is 12.6. The van der Waals surface area contributed by atoms with E-state index in [0.717, 1.165) is 16.9 Å². The summed E-state index contributed by atoms with van der Waals surface area (Å²) in [6.45, 7) is 2.05. The predicted octanol–water partition coefficient (Wildman–Crippen LogP) is 3.46. The summed E-state index contributed by atoms with van der Waals surface area (Å²) < 4.78 is 0. The number of benzene rings is 2. The van der Waals surface area contributed by atoms with Crippen molar-refractivity contribution in [2.45, 2.75) is 18.2 Å². The minimum absolute atomic E-state index is 0.165. The van der Waals surface area contributed by atoms with E-state index >= 15 is 0 Å². The van der Waals surface area contributed by atoms with Gasteiger partial charge in [0.2, 0.25) is 5.91 Å². The number of carbonyl (C=O) groups is 2. The maximum Gasteiger partial charge on any atom is 0.269 e. The molecule has 2 aromatic carbocycles. The highest BCUT2D eigenvalue weighted by molar-refractivity contribution is 8.00. The number of nitrogens with one attached hydrogen (secondary N) is 2. The molecule has 120 valence electrons. The lowest BCUT2D eigenvalue weighted by Gasteiger charge is -2.08. The summed E-state index contributed by atoms with van der Waals surface area (Å²) in [4.78, 5) is 24.5. The molecule has 0 radical (unpaired) electrons. The van der Waals surface area contributed by atoms with Gasteiger partial charge in [-0.3, -0.25) is 20.4 Å². The van der Waals surface area contributed by atoms with E-state index in [1.807, 2.05) is 37.3 Å². The lowest BCUT2D eigenvalue weighted by Crippen LogP contribution is -2.42. The van der Waals surface area contributed by atoms with Crippen LogP contribution in [0.4, 0.5) is 0 Å². The van der Waals surface area contributed by atoms with Crippen molar-refractivity contribution in [3.63, 3.8) is 0 Å². The molecule has 0 spiro atoms. The third-order valence-corrected chi connectivity index (χ3v) is 4.65. The lowest BCUT2D eigenvalue weighted by molar-refractivity contribution is -0.119. The van der Waals surface area contributed by atoms with Gasteiger partial charge in [0.05, 0.1) is 10.8 Å². The first-order chi connectivity index (χ1) is 11.1. The van der Waals surface area contributed by atoms with Crippen molar-refractivity contribution in [3.05, 3.63) is 64.7 Å². The van der Waals surface area contributed by atoms with E-state index in [-0.39, 0.29) is 17.6 Å². The lowest BCUT2D eigenvalue weighted by atomic mass is 10.1. The van der Waals surface area contributed by atoms with Gasteiger partial charge in [0.15, 0.2) is 0 Å². The number of amides is 2. The largest absolute Gasteiger partial charge is 0.272 e. The van der Waals surface area contributed by atoms with Crippen LogP contribution >= 0.6 is 23.4 Å². The zero-order chi connectivity index (χ0) is 16.7. The van der Waals surface area contributed by atoms with E-state index in [1.165, 1.54) is 11.8 Å². The Morgan fingerprint density at radius 2 is 1.74 bits per heavy atom. The predicted molar refractivity (Wildman–Crippen MR) is 93.6 cm³/mol. The molecule has 2 aromatic rings. The van der Waals surface area contributed by atoms with Crippen molar-refractivity contribution in [1.29, 1.82) is 0 Å².